The first kappa shape index (κ1) is 19.7. The van der Waals surface area contributed by atoms with E-state index in [4.69, 9.17) is 4.74 Å². The summed E-state index contributed by atoms with van der Waals surface area (Å²) < 4.78 is 9.45. The minimum Gasteiger partial charge on any atom is -0.497 e. The van der Waals surface area contributed by atoms with Crippen molar-refractivity contribution in [1.82, 2.24) is 9.36 Å². The molecule has 2 aromatic heterocycles. The molecule has 0 unspecified atom stereocenters. The van der Waals surface area contributed by atoms with Gasteiger partial charge in [-0.05, 0) is 47.8 Å². The molecule has 0 aliphatic carbocycles. The third-order valence-electron chi connectivity index (χ3n) is 4.16. The zero-order valence-corrected chi connectivity index (χ0v) is 17.4. The van der Waals surface area contributed by atoms with Crippen molar-refractivity contribution in [1.29, 1.82) is 0 Å². The smallest absolute Gasteiger partial charge is 0.265 e. The van der Waals surface area contributed by atoms with Gasteiger partial charge in [0.15, 0.2) is 5.82 Å². The van der Waals surface area contributed by atoms with Crippen molar-refractivity contribution >= 4 is 45.5 Å². The summed E-state index contributed by atoms with van der Waals surface area (Å²) in [5.74, 6) is 0.610. The van der Waals surface area contributed by atoms with Gasteiger partial charge in [0.25, 0.3) is 11.8 Å². The van der Waals surface area contributed by atoms with E-state index in [0.29, 0.717) is 27.1 Å². The SMILES string of the molecule is COc1ccc(-c2nsc(NC(=O)c3ccccc3NC(=O)c3cccs3)n2)cc1. The quantitative estimate of drug-likeness (QED) is 0.454. The summed E-state index contributed by atoms with van der Waals surface area (Å²) in [7, 11) is 1.60. The Morgan fingerprint density at radius 3 is 2.47 bits per heavy atom. The molecule has 2 N–H and O–H groups in total. The summed E-state index contributed by atoms with van der Waals surface area (Å²) in [5.41, 5.74) is 1.58. The number of aromatic nitrogens is 2. The molecule has 30 heavy (non-hydrogen) atoms. The number of hydrogen-bond acceptors (Lipinski definition) is 7. The number of anilines is 2. The van der Waals surface area contributed by atoms with Gasteiger partial charge in [0.2, 0.25) is 5.13 Å². The Kier molecular flexibility index (Phi) is 5.82. The largest absolute Gasteiger partial charge is 0.497 e. The molecule has 2 heterocycles. The lowest BCUT2D eigenvalue weighted by Gasteiger charge is -2.09. The first-order chi connectivity index (χ1) is 14.6. The van der Waals surface area contributed by atoms with Gasteiger partial charge >= 0.3 is 0 Å². The number of para-hydroxylation sites is 1. The maximum Gasteiger partial charge on any atom is 0.265 e. The monoisotopic (exact) mass is 436 g/mol. The summed E-state index contributed by atoms with van der Waals surface area (Å²) in [6, 6.07) is 17.7. The van der Waals surface area contributed by atoms with Crippen LogP contribution in [0.3, 0.4) is 0 Å². The van der Waals surface area contributed by atoms with Gasteiger partial charge in [-0.25, -0.2) is 0 Å². The molecule has 4 aromatic rings. The van der Waals surface area contributed by atoms with Gasteiger partial charge < -0.3 is 10.1 Å². The summed E-state index contributed by atoms with van der Waals surface area (Å²) >= 11 is 2.42. The Balaban J connectivity index is 1.49. The van der Waals surface area contributed by atoms with Crippen LogP contribution in [0.2, 0.25) is 0 Å². The van der Waals surface area contributed by atoms with Crippen molar-refractivity contribution in [2.75, 3.05) is 17.7 Å². The topological polar surface area (TPSA) is 93.2 Å². The molecule has 4 rings (SSSR count). The molecule has 0 spiro atoms. The van der Waals surface area contributed by atoms with E-state index in [-0.39, 0.29) is 11.8 Å². The van der Waals surface area contributed by atoms with Gasteiger partial charge in [-0.15, -0.1) is 11.3 Å². The summed E-state index contributed by atoms with van der Waals surface area (Å²) in [6.07, 6.45) is 0. The highest BCUT2D eigenvalue weighted by Gasteiger charge is 2.16. The Morgan fingerprint density at radius 1 is 0.933 bits per heavy atom. The van der Waals surface area contributed by atoms with E-state index in [1.165, 1.54) is 11.3 Å². The number of ether oxygens (including phenoxy) is 1. The number of carbonyl (C=O) groups is 2. The van der Waals surface area contributed by atoms with Crippen LogP contribution in [-0.4, -0.2) is 28.3 Å². The number of rotatable bonds is 6. The van der Waals surface area contributed by atoms with E-state index in [1.807, 2.05) is 29.6 Å². The third kappa shape index (κ3) is 4.37. The van der Waals surface area contributed by atoms with Crippen LogP contribution in [0.5, 0.6) is 5.75 Å². The van der Waals surface area contributed by atoms with Gasteiger partial charge in [-0.2, -0.15) is 9.36 Å². The lowest BCUT2D eigenvalue weighted by molar-refractivity contribution is 0.102. The van der Waals surface area contributed by atoms with E-state index in [9.17, 15) is 9.59 Å². The third-order valence-corrected chi connectivity index (χ3v) is 5.66. The van der Waals surface area contributed by atoms with Gasteiger partial charge in [-0.3, -0.25) is 14.9 Å². The maximum atomic E-state index is 12.8. The van der Waals surface area contributed by atoms with Crippen LogP contribution in [0.1, 0.15) is 20.0 Å². The number of methoxy groups -OCH3 is 1. The van der Waals surface area contributed by atoms with Crippen LogP contribution < -0.4 is 15.4 Å². The van der Waals surface area contributed by atoms with Gasteiger partial charge in [0.1, 0.15) is 5.75 Å². The molecule has 0 aliphatic rings. The second kappa shape index (κ2) is 8.85. The second-order valence-electron chi connectivity index (χ2n) is 6.08. The summed E-state index contributed by atoms with van der Waals surface area (Å²) in [4.78, 5) is 30.1. The highest BCUT2D eigenvalue weighted by atomic mass is 32.1. The fourth-order valence-electron chi connectivity index (χ4n) is 2.68. The van der Waals surface area contributed by atoms with Crippen molar-refractivity contribution in [2.45, 2.75) is 0 Å². The van der Waals surface area contributed by atoms with E-state index in [2.05, 4.69) is 20.0 Å². The molecule has 9 heteroatoms. The van der Waals surface area contributed by atoms with Gasteiger partial charge in [0.05, 0.1) is 23.2 Å². The predicted molar refractivity (Wildman–Crippen MR) is 119 cm³/mol. The lowest BCUT2D eigenvalue weighted by Crippen LogP contribution is -2.17. The highest BCUT2D eigenvalue weighted by Crippen LogP contribution is 2.25. The summed E-state index contributed by atoms with van der Waals surface area (Å²) in [5, 5.41) is 7.73. The number of thiophene rings is 1. The first-order valence-corrected chi connectivity index (χ1v) is 10.5. The molecule has 7 nitrogen and oxygen atoms in total. The van der Waals surface area contributed by atoms with Crippen molar-refractivity contribution in [3.8, 4) is 17.1 Å². The molecule has 0 saturated heterocycles. The Bertz CT molecular complexity index is 1170. The van der Waals surface area contributed by atoms with Crippen molar-refractivity contribution in [3.63, 3.8) is 0 Å². The van der Waals surface area contributed by atoms with Crippen LogP contribution in [0.4, 0.5) is 10.8 Å². The van der Waals surface area contributed by atoms with E-state index >= 15 is 0 Å². The average Bonchev–Trinajstić information content (AvgIpc) is 3.47. The molecule has 0 fully saturated rings. The Labute approximate surface area is 180 Å². The molecule has 0 saturated carbocycles. The predicted octanol–water partition coefficient (Wildman–Crippen LogP) is 4.78. The van der Waals surface area contributed by atoms with Crippen LogP contribution in [-0.2, 0) is 0 Å². The van der Waals surface area contributed by atoms with Crippen LogP contribution in [0, 0.1) is 0 Å². The minimum atomic E-state index is -0.380. The van der Waals surface area contributed by atoms with Crippen molar-refractivity contribution in [3.05, 3.63) is 76.5 Å². The average molecular weight is 437 g/mol. The molecule has 0 atom stereocenters. The van der Waals surface area contributed by atoms with Crippen molar-refractivity contribution in [2.24, 2.45) is 0 Å². The molecule has 2 amide bonds. The molecule has 2 aromatic carbocycles. The number of nitrogens with zero attached hydrogens (tertiary/aromatic N) is 2. The van der Waals surface area contributed by atoms with Crippen LogP contribution in [0.15, 0.2) is 66.0 Å². The number of nitrogens with one attached hydrogen (secondary N) is 2. The molecule has 0 radical (unpaired) electrons. The normalized spacial score (nSPS) is 10.4. The maximum absolute atomic E-state index is 12.8. The molecule has 150 valence electrons. The zero-order chi connectivity index (χ0) is 20.9. The van der Waals surface area contributed by atoms with Crippen LogP contribution >= 0.6 is 22.9 Å². The van der Waals surface area contributed by atoms with E-state index in [0.717, 1.165) is 22.8 Å². The number of amides is 2. The zero-order valence-electron chi connectivity index (χ0n) is 15.8. The minimum absolute atomic E-state index is 0.261. The molecular formula is C21H16N4O3S2. The molecule has 0 aliphatic heterocycles. The second-order valence-corrected chi connectivity index (χ2v) is 7.78. The summed E-state index contributed by atoms with van der Waals surface area (Å²) in [6.45, 7) is 0. The number of benzene rings is 2. The fraction of sp³-hybridized carbons (Fsp3) is 0.0476. The molecule has 0 bridgehead atoms. The number of carbonyl (C=O) groups excluding carboxylic acids is 2. The van der Waals surface area contributed by atoms with E-state index < -0.39 is 0 Å². The van der Waals surface area contributed by atoms with Gasteiger partial charge in [-0.1, -0.05) is 18.2 Å². The fourth-order valence-corrected chi connectivity index (χ4v) is 3.88. The van der Waals surface area contributed by atoms with E-state index in [1.54, 1.807) is 43.5 Å². The standard InChI is InChI=1S/C21H16N4O3S2/c1-28-14-10-8-13(9-11-14)18-23-21(30-25-18)24-19(26)15-5-2-3-6-16(15)22-20(27)17-7-4-12-29-17/h2-12H,1H3,(H,22,27)(H,23,24,25,26). The molecular weight excluding hydrogens is 420 g/mol. The van der Waals surface area contributed by atoms with Crippen molar-refractivity contribution < 1.29 is 14.3 Å². The Morgan fingerprint density at radius 2 is 1.73 bits per heavy atom. The van der Waals surface area contributed by atoms with Gasteiger partial charge in [0, 0.05) is 17.1 Å². The highest BCUT2D eigenvalue weighted by molar-refractivity contribution is 7.12. The first-order valence-electron chi connectivity index (χ1n) is 8.87. The number of hydrogen-bond donors (Lipinski definition) is 2. The Hall–Kier alpha value is -3.56. The lowest BCUT2D eigenvalue weighted by atomic mass is 10.1. The van der Waals surface area contributed by atoms with Crippen LogP contribution in [0.25, 0.3) is 11.4 Å².